The Labute approximate surface area is 66.2 Å². The number of hydrogen-bond donors (Lipinski definition) is 3. The van der Waals surface area contributed by atoms with Gasteiger partial charge in [0, 0.05) is 6.54 Å². The second-order valence-corrected chi connectivity index (χ2v) is 3.27. The first-order valence-electron chi connectivity index (χ1n) is 3.78. The molecule has 0 aliphatic carbocycles. The molecule has 0 amide bonds. The third-order valence-corrected chi connectivity index (χ3v) is 1.75. The largest absolute Gasteiger partial charge is 0.393 e. The Hall–Kier alpha value is -0.160. The summed E-state index contributed by atoms with van der Waals surface area (Å²) in [4.78, 5) is 0. The Kier molecular flexibility index (Phi) is 2.84. The SMILES string of the molecule is CC(O)(CO)CNC1COC1. The van der Waals surface area contributed by atoms with Crippen molar-refractivity contribution in [3.8, 4) is 0 Å². The quantitative estimate of drug-likeness (QED) is 0.480. The molecule has 1 aliphatic heterocycles. The van der Waals surface area contributed by atoms with Crippen molar-refractivity contribution in [3.05, 3.63) is 0 Å². The monoisotopic (exact) mass is 161 g/mol. The van der Waals surface area contributed by atoms with Crippen LogP contribution in [0.1, 0.15) is 6.92 Å². The van der Waals surface area contributed by atoms with Crippen molar-refractivity contribution >= 4 is 0 Å². The van der Waals surface area contributed by atoms with Gasteiger partial charge in [-0.3, -0.25) is 0 Å². The van der Waals surface area contributed by atoms with E-state index in [1.807, 2.05) is 0 Å². The van der Waals surface area contributed by atoms with Gasteiger partial charge in [0.1, 0.15) is 0 Å². The number of aliphatic hydroxyl groups excluding tert-OH is 1. The van der Waals surface area contributed by atoms with Gasteiger partial charge in [-0.15, -0.1) is 0 Å². The lowest BCUT2D eigenvalue weighted by Gasteiger charge is -2.30. The van der Waals surface area contributed by atoms with E-state index in [-0.39, 0.29) is 6.61 Å². The standard InChI is InChI=1S/C7H15NO3/c1-7(10,5-9)4-8-6-2-11-3-6/h6,8-10H,2-5H2,1H3. The molecule has 0 radical (unpaired) electrons. The zero-order chi connectivity index (χ0) is 8.32. The Bertz CT molecular complexity index is 123. The average Bonchev–Trinajstić information content (AvgIpc) is 1.84. The predicted molar refractivity (Wildman–Crippen MR) is 40.3 cm³/mol. The third kappa shape index (κ3) is 2.75. The molecular formula is C7H15NO3. The summed E-state index contributed by atoms with van der Waals surface area (Å²) in [5.41, 5.74) is -1.00. The second-order valence-electron chi connectivity index (χ2n) is 3.27. The summed E-state index contributed by atoms with van der Waals surface area (Å²) >= 11 is 0. The predicted octanol–water partition coefficient (Wildman–Crippen LogP) is -1.28. The molecule has 0 aromatic carbocycles. The van der Waals surface area contributed by atoms with Crippen LogP contribution in [0.2, 0.25) is 0 Å². The number of hydrogen-bond acceptors (Lipinski definition) is 4. The first-order chi connectivity index (χ1) is 5.14. The van der Waals surface area contributed by atoms with Crippen LogP contribution in [0, 0.1) is 0 Å². The molecule has 1 rings (SSSR count). The van der Waals surface area contributed by atoms with E-state index in [9.17, 15) is 5.11 Å². The molecule has 11 heavy (non-hydrogen) atoms. The molecule has 1 aliphatic rings. The fraction of sp³-hybridized carbons (Fsp3) is 1.00. The van der Waals surface area contributed by atoms with Crippen molar-refractivity contribution < 1.29 is 14.9 Å². The van der Waals surface area contributed by atoms with Gasteiger partial charge in [0.15, 0.2) is 0 Å². The van der Waals surface area contributed by atoms with E-state index in [0.717, 1.165) is 0 Å². The maximum absolute atomic E-state index is 9.34. The van der Waals surface area contributed by atoms with Crippen molar-refractivity contribution in [1.29, 1.82) is 0 Å². The second kappa shape index (κ2) is 3.49. The number of rotatable bonds is 4. The van der Waals surface area contributed by atoms with Gasteiger partial charge in [-0.05, 0) is 6.92 Å². The van der Waals surface area contributed by atoms with Crippen molar-refractivity contribution in [2.45, 2.75) is 18.6 Å². The summed E-state index contributed by atoms with van der Waals surface area (Å²) in [6.07, 6.45) is 0. The van der Waals surface area contributed by atoms with Gasteiger partial charge >= 0.3 is 0 Å². The van der Waals surface area contributed by atoms with Crippen LogP contribution in [-0.2, 0) is 4.74 Å². The molecular weight excluding hydrogens is 146 g/mol. The molecule has 0 saturated carbocycles. The number of nitrogens with one attached hydrogen (secondary N) is 1. The lowest BCUT2D eigenvalue weighted by molar-refractivity contribution is -0.0340. The summed E-state index contributed by atoms with van der Waals surface area (Å²) in [7, 11) is 0. The molecule has 1 fully saturated rings. The minimum atomic E-state index is -1.00. The summed E-state index contributed by atoms with van der Waals surface area (Å²) in [5.74, 6) is 0. The highest BCUT2D eigenvalue weighted by Gasteiger charge is 2.23. The zero-order valence-corrected chi connectivity index (χ0v) is 6.71. The average molecular weight is 161 g/mol. The minimum Gasteiger partial charge on any atom is -0.393 e. The van der Waals surface area contributed by atoms with Crippen LogP contribution < -0.4 is 5.32 Å². The van der Waals surface area contributed by atoms with Gasteiger partial charge in [0.05, 0.1) is 31.5 Å². The molecule has 4 heteroatoms. The van der Waals surface area contributed by atoms with E-state index >= 15 is 0 Å². The Morgan fingerprint density at radius 3 is 2.64 bits per heavy atom. The molecule has 0 bridgehead atoms. The minimum absolute atomic E-state index is 0.215. The molecule has 1 heterocycles. The molecule has 0 aromatic heterocycles. The van der Waals surface area contributed by atoms with Gasteiger partial charge in [-0.2, -0.15) is 0 Å². The highest BCUT2D eigenvalue weighted by molar-refractivity contribution is 4.80. The molecule has 66 valence electrons. The smallest absolute Gasteiger partial charge is 0.0973 e. The van der Waals surface area contributed by atoms with E-state index in [2.05, 4.69) is 5.32 Å². The number of ether oxygens (including phenoxy) is 1. The first-order valence-corrected chi connectivity index (χ1v) is 3.78. The van der Waals surface area contributed by atoms with Crippen LogP contribution in [0.15, 0.2) is 0 Å². The van der Waals surface area contributed by atoms with Crippen LogP contribution in [0.3, 0.4) is 0 Å². The normalized spacial score (nSPS) is 24.3. The van der Waals surface area contributed by atoms with E-state index in [4.69, 9.17) is 9.84 Å². The molecule has 0 spiro atoms. The molecule has 0 aromatic rings. The Morgan fingerprint density at radius 1 is 1.64 bits per heavy atom. The molecule has 3 N–H and O–H groups in total. The maximum atomic E-state index is 9.34. The van der Waals surface area contributed by atoms with Crippen LogP contribution in [0.5, 0.6) is 0 Å². The van der Waals surface area contributed by atoms with Crippen LogP contribution in [-0.4, -0.2) is 48.2 Å². The van der Waals surface area contributed by atoms with Gasteiger partial charge in [0.2, 0.25) is 0 Å². The highest BCUT2D eigenvalue weighted by atomic mass is 16.5. The highest BCUT2D eigenvalue weighted by Crippen LogP contribution is 2.03. The molecule has 1 unspecified atom stereocenters. The summed E-state index contributed by atoms with van der Waals surface area (Å²) < 4.78 is 4.93. The molecule has 4 nitrogen and oxygen atoms in total. The van der Waals surface area contributed by atoms with Gasteiger partial charge in [-0.1, -0.05) is 0 Å². The van der Waals surface area contributed by atoms with Crippen molar-refractivity contribution in [2.75, 3.05) is 26.4 Å². The van der Waals surface area contributed by atoms with Crippen LogP contribution in [0.4, 0.5) is 0 Å². The van der Waals surface area contributed by atoms with Gasteiger partial charge in [-0.25, -0.2) is 0 Å². The first kappa shape index (κ1) is 8.93. The fourth-order valence-corrected chi connectivity index (χ4v) is 0.774. The summed E-state index contributed by atoms with van der Waals surface area (Å²) in [5, 5.41) is 21.1. The Balaban J connectivity index is 2.09. The zero-order valence-electron chi connectivity index (χ0n) is 6.71. The third-order valence-electron chi connectivity index (χ3n) is 1.75. The summed E-state index contributed by atoms with van der Waals surface area (Å²) in [6.45, 7) is 3.22. The van der Waals surface area contributed by atoms with Gasteiger partial charge < -0.3 is 20.3 Å². The van der Waals surface area contributed by atoms with E-state index in [0.29, 0.717) is 25.8 Å². The summed E-state index contributed by atoms with van der Waals surface area (Å²) in [6, 6.07) is 0.355. The van der Waals surface area contributed by atoms with E-state index < -0.39 is 5.60 Å². The topological polar surface area (TPSA) is 61.7 Å². The van der Waals surface area contributed by atoms with Crippen LogP contribution in [0.25, 0.3) is 0 Å². The van der Waals surface area contributed by atoms with Crippen molar-refractivity contribution in [2.24, 2.45) is 0 Å². The molecule has 1 saturated heterocycles. The lowest BCUT2D eigenvalue weighted by atomic mass is 10.1. The number of aliphatic hydroxyl groups is 2. The lowest BCUT2D eigenvalue weighted by Crippen LogP contribution is -2.52. The maximum Gasteiger partial charge on any atom is 0.0973 e. The van der Waals surface area contributed by atoms with Crippen molar-refractivity contribution in [3.63, 3.8) is 0 Å². The fourth-order valence-electron chi connectivity index (χ4n) is 0.774. The van der Waals surface area contributed by atoms with Crippen molar-refractivity contribution in [1.82, 2.24) is 5.32 Å². The van der Waals surface area contributed by atoms with E-state index in [1.165, 1.54) is 0 Å². The van der Waals surface area contributed by atoms with Crippen LogP contribution >= 0.6 is 0 Å². The Morgan fingerprint density at radius 2 is 2.27 bits per heavy atom. The van der Waals surface area contributed by atoms with Gasteiger partial charge in [0.25, 0.3) is 0 Å². The molecule has 1 atom stereocenters. The van der Waals surface area contributed by atoms with E-state index in [1.54, 1.807) is 6.92 Å².